The van der Waals surface area contributed by atoms with Gasteiger partial charge in [0.1, 0.15) is 6.04 Å². The van der Waals surface area contributed by atoms with Crippen LogP contribution in [0.5, 0.6) is 0 Å². The van der Waals surface area contributed by atoms with Gasteiger partial charge in [-0.05, 0) is 35.6 Å². The smallest absolute Gasteiger partial charge is 0.255 e. The number of amides is 3. The standard InChI is InChI=1S/C27H31N3O4/c1-26(2)17-29(15-18-6-4-3-5-7-18)13-12-27(26,34)20-8-9-21-19(14-20)16-30(25(21)33)22-10-11-23(31)28-24(22)32/h3-9,14,22,34H,10-13,15-17H2,1-2H3,(H,28,31,32)/t22-,27+/m1/s1. The zero-order valence-electron chi connectivity index (χ0n) is 19.7. The minimum Gasteiger partial charge on any atom is -0.385 e. The minimum atomic E-state index is -1.03. The summed E-state index contributed by atoms with van der Waals surface area (Å²) in [4.78, 5) is 40.8. The zero-order chi connectivity index (χ0) is 24.1. The molecule has 0 radical (unpaired) electrons. The van der Waals surface area contributed by atoms with E-state index in [9.17, 15) is 19.5 Å². The van der Waals surface area contributed by atoms with Gasteiger partial charge in [-0.3, -0.25) is 24.6 Å². The predicted octanol–water partition coefficient (Wildman–Crippen LogP) is 2.57. The van der Waals surface area contributed by atoms with Crippen molar-refractivity contribution in [3.8, 4) is 0 Å². The number of benzene rings is 2. The summed E-state index contributed by atoms with van der Waals surface area (Å²) in [7, 11) is 0. The summed E-state index contributed by atoms with van der Waals surface area (Å²) in [5, 5.41) is 14.2. The number of nitrogens with zero attached hydrogens (tertiary/aromatic N) is 2. The van der Waals surface area contributed by atoms with Crippen LogP contribution in [0.2, 0.25) is 0 Å². The number of fused-ring (bicyclic) bond motifs is 1. The lowest BCUT2D eigenvalue weighted by Gasteiger charge is -2.50. The summed E-state index contributed by atoms with van der Waals surface area (Å²) in [5.74, 6) is -0.904. The van der Waals surface area contributed by atoms with Crippen LogP contribution in [0.25, 0.3) is 0 Å². The second-order valence-electron chi connectivity index (χ2n) is 10.5. The molecule has 0 spiro atoms. The zero-order valence-corrected chi connectivity index (χ0v) is 19.7. The molecule has 0 bridgehead atoms. The van der Waals surface area contributed by atoms with E-state index >= 15 is 0 Å². The van der Waals surface area contributed by atoms with Gasteiger partial charge in [-0.2, -0.15) is 0 Å². The van der Waals surface area contributed by atoms with Crippen LogP contribution in [0.3, 0.4) is 0 Å². The third-order valence-electron chi connectivity index (χ3n) is 7.78. The van der Waals surface area contributed by atoms with Crippen molar-refractivity contribution in [1.82, 2.24) is 15.1 Å². The Morgan fingerprint density at radius 1 is 1.09 bits per heavy atom. The van der Waals surface area contributed by atoms with Crippen LogP contribution in [0.15, 0.2) is 48.5 Å². The Labute approximate surface area is 199 Å². The lowest BCUT2D eigenvalue weighted by Crippen LogP contribution is -2.55. The van der Waals surface area contributed by atoms with Gasteiger partial charge >= 0.3 is 0 Å². The van der Waals surface area contributed by atoms with Gasteiger partial charge in [0.05, 0.1) is 5.60 Å². The van der Waals surface area contributed by atoms with Gasteiger partial charge in [-0.1, -0.05) is 56.3 Å². The lowest BCUT2D eigenvalue weighted by atomic mass is 9.66. The predicted molar refractivity (Wildman–Crippen MR) is 127 cm³/mol. The summed E-state index contributed by atoms with van der Waals surface area (Å²) in [6.07, 6.45) is 1.16. The number of carbonyl (C=O) groups excluding carboxylic acids is 3. The average molecular weight is 462 g/mol. The van der Waals surface area contributed by atoms with E-state index in [0.717, 1.165) is 30.8 Å². The Morgan fingerprint density at radius 2 is 1.85 bits per heavy atom. The Balaban J connectivity index is 1.35. The molecule has 5 rings (SSSR count). The number of likely N-dealkylation sites (tertiary alicyclic amines) is 1. The van der Waals surface area contributed by atoms with Crippen molar-refractivity contribution < 1.29 is 19.5 Å². The summed E-state index contributed by atoms with van der Waals surface area (Å²) < 4.78 is 0. The molecule has 3 aliphatic heterocycles. The number of hydrogen-bond acceptors (Lipinski definition) is 5. The maximum Gasteiger partial charge on any atom is 0.255 e. The fourth-order valence-corrected chi connectivity index (χ4v) is 5.77. The van der Waals surface area contributed by atoms with Crippen LogP contribution in [-0.4, -0.2) is 51.8 Å². The maximum atomic E-state index is 13.0. The first kappa shape index (κ1) is 22.7. The highest BCUT2D eigenvalue weighted by molar-refractivity contribution is 6.05. The van der Waals surface area contributed by atoms with Crippen LogP contribution < -0.4 is 5.32 Å². The summed E-state index contributed by atoms with van der Waals surface area (Å²) in [5.41, 5.74) is 2.03. The van der Waals surface area contributed by atoms with Crippen molar-refractivity contribution in [3.63, 3.8) is 0 Å². The normalized spacial score (nSPS) is 27.0. The molecule has 3 amide bonds. The van der Waals surface area contributed by atoms with E-state index in [0.29, 0.717) is 24.9 Å². The molecule has 0 aromatic heterocycles. The van der Waals surface area contributed by atoms with Crippen LogP contribution in [0, 0.1) is 5.41 Å². The third-order valence-corrected chi connectivity index (χ3v) is 7.78. The second kappa shape index (κ2) is 8.32. The van der Waals surface area contributed by atoms with Crippen LogP contribution >= 0.6 is 0 Å². The van der Waals surface area contributed by atoms with Crippen molar-refractivity contribution in [3.05, 3.63) is 70.8 Å². The molecule has 0 saturated carbocycles. The van der Waals surface area contributed by atoms with Gasteiger partial charge < -0.3 is 10.0 Å². The highest BCUT2D eigenvalue weighted by atomic mass is 16.3. The third kappa shape index (κ3) is 3.83. The maximum absolute atomic E-state index is 13.0. The van der Waals surface area contributed by atoms with Crippen LogP contribution in [0.1, 0.15) is 60.2 Å². The number of carbonyl (C=O) groups is 3. The molecule has 3 aliphatic rings. The molecule has 2 aromatic rings. The molecule has 2 fully saturated rings. The van der Waals surface area contributed by atoms with Gasteiger partial charge in [0, 0.05) is 43.6 Å². The summed E-state index contributed by atoms with van der Waals surface area (Å²) >= 11 is 0. The fourth-order valence-electron chi connectivity index (χ4n) is 5.77. The Hall–Kier alpha value is -3.03. The quantitative estimate of drug-likeness (QED) is 0.683. The SMILES string of the molecule is CC1(C)CN(Cc2ccccc2)CC[C@]1(O)c1ccc2c(c1)CN([C@@H]1CCC(=O)NC1=O)C2=O. The number of rotatable bonds is 4. The van der Waals surface area contributed by atoms with Gasteiger partial charge in [0.25, 0.3) is 5.91 Å². The largest absolute Gasteiger partial charge is 0.385 e. The topological polar surface area (TPSA) is 89.9 Å². The summed E-state index contributed by atoms with van der Waals surface area (Å²) in [6, 6.07) is 15.3. The molecular formula is C27H31N3O4. The van der Waals surface area contributed by atoms with E-state index in [1.54, 1.807) is 11.0 Å². The number of piperidine rings is 2. The Kier molecular flexibility index (Phi) is 5.57. The number of hydrogen-bond donors (Lipinski definition) is 2. The number of nitrogens with one attached hydrogen (secondary N) is 1. The van der Waals surface area contributed by atoms with E-state index in [1.165, 1.54) is 5.56 Å². The highest BCUT2D eigenvalue weighted by Gasteiger charge is 2.49. The molecular weight excluding hydrogens is 430 g/mol. The van der Waals surface area contributed by atoms with Crippen molar-refractivity contribution >= 4 is 17.7 Å². The molecule has 0 aliphatic carbocycles. The van der Waals surface area contributed by atoms with Gasteiger partial charge in [0.2, 0.25) is 11.8 Å². The van der Waals surface area contributed by atoms with E-state index in [2.05, 4.69) is 36.2 Å². The molecule has 2 atom stereocenters. The number of aliphatic hydroxyl groups is 1. The molecule has 2 saturated heterocycles. The van der Waals surface area contributed by atoms with Crippen molar-refractivity contribution in [2.45, 2.75) is 57.8 Å². The van der Waals surface area contributed by atoms with Gasteiger partial charge in [-0.15, -0.1) is 0 Å². The molecule has 2 N–H and O–H groups in total. The Bertz CT molecular complexity index is 1150. The fraction of sp³-hybridized carbons (Fsp3) is 0.444. The molecule has 3 heterocycles. The molecule has 34 heavy (non-hydrogen) atoms. The van der Waals surface area contributed by atoms with Crippen LogP contribution in [0.4, 0.5) is 0 Å². The second-order valence-corrected chi connectivity index (χ2v) is 10.5. The monoisotopic (exact) mass is 461 g/mol. The number of imide groups is 1. The van der Waals surface area contributed by atoms with Crippen molar-refractivity contribution in [2.24, 2.45) is 5.41 Å². The summed E-state index contributed by atoms with van der Waals surface area (Å²) in [6.45, 7) is 6.87. The van der Waals surface area contributed by atoms with Crippen molar-refractivity contribution in [1.29, 1.82) is 0 Å². The molecule has 2 aromatic carbocycles. The first-order valence-corrected chi connectivity index (χ1v) is 11.9. The minimum absolute atomic E-state index is 0.194. The highest BCUT2D eigenvalue weighted by Crippen LogP contribution is 2.47. The molecule has 178 valence electrons. The lowest BCUT2D eigenvalue weighted by molar-refractivity contribution is -0.136. The van der Waals surface area contributed by atoms with Crippen LogP contribution in [-0.2, 0) is 28.3 Å². The van der Waals surface area contributed by atoms with Gasteiger partial charge in [0.15, 0.2) is 0 Å². The molecule has 7 nitrogen and oxygen atoms in total. The van der Waals surface area contributed by atoms with Crippen molar-refractivity contribution in [2.75, 3.05) is 13.1 Å². The van der Waals surface area contributed by atoms with E-state index in [4.69, 9.17) is 0 Å². The van der Waals surface area contributed by atoms with E-state index in [1.807, 2.05) is 30.3 Å². The molecule has 0 unspecified atom stereocenters. The molecule has 7 heteroatoms. The Morgan fingerprint density at radius 3 is 2.56 bits per heavy atom. The first-order valence-electron chi connectivity index (χ1n) is 11.9. The average Bonchev–Trinajstić information content (AvgIpc) is 3.12. The van der Waals surface area contributed by atoms with E-state index < -0.39 is 23.0 Å². The van der Waals surface area contributed by atoms with Gasteiger partial charge in [-0.25, -0.2) is 0 Å². The first-order chi connectivity index (χ1) is 16.2. The van der Waals surface area contributed by atoms with E-state index in [-0.39, 0.29) is 18.2 Å².